The van der Waals surface area contributed by atoms with Crippen LogP contribution in [0.3, 0.4) is 0 Å². The highest BCUT2D eigenvalue weighted by Crippen LogP contribution is 2.37. The molecule has 0 radical (unpaired) electrons. The van der Waals surface area contributed by atoms with Gasteiger partial charge in [0, 0.05) is 18.0 Å². The van der Waals surface area contributed by atoms with Gasteiger partial charge < -0.3 is 10.3 Å². The molecule has 0 atom stereocenters. The van der Waals surface area contributed by atoms with Crippen molar-refractivity contribution in [1.82, 2.24) is 10.1 Å². The van der Waals surface area contributed by atoms with Crippen molar-refractivity contribution in [2.45, 2.75) is 0 Å². The molecular weight excluding hydrogens is 283 g/mol. The van der Waals surface area contributed by atoms with Gasteiger partial charge >= 0.3 is 0 Å². The molecule has 2 heterocycles. The zero-order valence-electron chi connectivity index (χ0n) is 10.5. The first-order valence-electron chi connectivity index (χ1n) is 5.88. The molecule has 1 aromatic carbocycles. The number of aromatic nitrogens is 2. The predicted octanol–water partition coefficient (Wildman–Crippen LogP) is 3.40. The van der Waals surface area contributed by atoms with Crippen molar-refractivity contribution in [3.8, 4) is 22.5 Å². The molecule has 3 rings (SSSR count). The van der Waals surface area contributed by atoms with E-state index in [9.17, 15) is 13.2 Å². The van der Waals surface area contributed by atoms with Crippen molar-refractivity contribution in [2.24, 2.45) is 0 Å². The lowest BCUT2D eigenvalue weighted by Crippen LogP contribution is -1.93. The second-order valence-electron chi connectivity index (χ2n) is 4.26. The Hall–Kier alpha value is -2.83. The second-order valence-corrected chi connectivity index (χ2v) is 4.26. The van der Waals surface area contributed by atoms with Crippen molar-refractivity contribution < 1.29 is 17.7 Å². The molecular formula is C14H8F3N3O. The van der Waals surface area contributed by atoms with E-state index in [1.165, 1.54) is 12.4 Å². The largest absolute Gasteiger partial charge is 0.380 e. The number of pyridine rings is 1. The van der Waals surface area contributed by atoms with Crippen LogP contribution in [0.2, 0.25) is 0 Å². The molecule has 2 aromatic heterocycles. The lowest BCUT2D eigenvalue weighted by molar-refractivity contribution is 0.430. The van der Waals surface area contributed by atoms with Crippen molar-refractivity contribution in [1.29, 1.82) is 0 Å². The summed E-state index contributed by atoms with van der Waals surface area (Å²) in [5.74, 6) is -4.07. The molecule has 0 aliphatic carbocycles. The molecule has 0 aliphatic heterocycles. The Morgan fingerprint density at radius 2 is 1.57 bits per heavy atom. The number of benzene rings is 1. The van der Waals surface area contributed by atoms with E-state index in [-0.39, 0.29) is 17.1 Å². The Labute approximate surface area is 117 Å². The van der Waals surface area contributed by atoms with E-state index >= 15 is 0 Å². The van der Waals surface area contributed by atoms with E-state index in [0.717, 1.165) is 12.1 Å². The molecule has 0 amide bonds. The summed E-state index contributed by atoms with van der Waals surface area (Å²) in [5, 5.41) is 3.59. The molecule has 0 saturated carbocycles. The van der Waals surface area contributed by atoms with E-state index in [0.29, 0.717) is 11.1 Å². The van der Waals surface area contributed by atoms with Crippen LogP contribution in [-0.2, 0) is 0 Å². The van der Waals surface area contributed by atoms with E-state index in [1.54, 1.807) is 12.1 Å². The minimum Gasteiger partial charge on any atom is -0.380 e. The van der Waals surface area contributed by atoms with Crippen LogP contribution in [0, 0.1) is 17.5 Å². The molecule has 21 heavy (non-hydrogen) atoms. The van der Waals surface area contributed by atoms with Gasteiger partial charge in [-0.05, 0) is 29.8 Å². The average Bonchev–Trinajstić information content (AvgIpc) is 2.87. The summed E-state index contributed by atoms with van der Waals surface area (Å²) in [7, 11) is 0. The topological polar surface area (TPSA) is 64.9 Å². The first-order valence-corrected chi connectivity index (χ1v) is 5.88. The lowest BCUT2D eigenvalue weighted by Gasteiger charge is -2.04. The van der Waals surface area contributed by atoms with Gasteiger partial charge in [0.25, 0.3) is 0 Å². The predicted molar refractivity (Wildman–Crippen MR) is 69.5 cm³/mol. The van der Waals surface area contributed by atoms with E-state index in [2.05, 4.69) is 10.1 Å². The molecule has 3 aromatic rings. The quantitative estimate of drug-likeness (QED) is 0.735. The number of nitrogens with zero attached hydrogens (tertiary/aromatic N) is 2. The van der Waals surface area contributed by atoms with E-state index in [4.69, 9.17) is 10.3 Å². The summed E-state index contributed by atoms with van der Waals surface area (Å²) < 4.78 is 44.8. The Balaban J connectivity index is 2.21. The maximum Gasteiger partial charge on any atom is 0.194 e. The highest BCUT2D eigenvalue weighted by Gasteiger charge is 2.20. The summed E-state index contributed by atoms with van der Waals surface area (Å²) in [6, 6.07) is 4.93. The smallest absolute Gasteiger partial charge is 0.194 e. The third kappa shape index (κ3) is 2.22. The van der Waals surface area contributed by atoms with Crippen molar-refractivity contribution in [2.75, 3.05) is 5.73 Å². The number of hydrogen-bond acceptors (Lipinski definition) is 4. The Bertz CT molecular complexity index is 779. The van der Waals surface area contributed by atoms with Crippen LogP contribution < -0.4 is 5.73 Å². The molecule has 0 aliphatic rings. The third-order valence-corrected chi connectivity index (χ3v) is 2.93. The van der Waals surface area contributed by atoms with Crippen LogP contribution in [0.25, 0.3) is 22.5 Å². The summed E-state index contributed by atoms with van der Waals surface area (Å²) in [6.07, 6.45) is 3.05. The van der Waals surface area contributed by atoms with Crippen LogP contribution in [0.15, 0.2) is 41.2 Å². The van der Waals surface area contributed by atoms with E-state index in [1.807, 2.05) is 0 Å². The highest BCUT2D eigenvalue weighted by molar-refractivity contribution is 5.86. The van der Waals surface area contributed by atoms with Crippen LogP contribution in [0.4, 0.5) is 19.0 Å². The van der Waals surface area contributed by atoms with Crippen LogP contribution >= 0.6 is 0 Å². The fourth-order valence-corrected chi connectivity index (χ4v) is 1.98. The molecule has 0 fully saturated rings. The van der Waals surface area contributed by atoms with Gasteiger partial charge in [-0.15, -0.1) is 0 Å². The summed E-state index contributed by atoms with van der Waals surface area (Å²) in [4.78, 5) is 3.87. The maximum atomic E-state index is 13.3. The maximum absolute atomic E-state index is 13.3. The molecule has 0 unspecified atom stereocenters. The number of rotatable bonds is 2. The van der Waals surface area contributed by atoms with Gasteiger partial charge in [-0.2, -0.15) is 0 Å². The lowest BCUT2D eigenvalue weighted by atomic mass is 10.0. The molecule has 0 saturated heterocycles. The Kier molecular flexibility index (Phi) is 3.09. The first kappa shape index (κ1) is 13.2. The van der Waals surface area contributed by atoms with Gasteiger partial charge in [0.1, 0.15) is 0 Å². The summed E-state index contributed by atoms with van der Waals surface area (Å²) in [6.45, 7) is 0. The summed E-state index contributed by atoms with van der Waals surface area (Å²) in [5.41, 5.74) is 6.71. The number of halogens is 3. The summed E-state index contributed by atoms with van der Waals surface area (Å²) >= 11 is 0. The first-order chi connectivity index (χ1) is 10.1. The number of hydrogen-bond donors (Lipinski definition) is 1. The van der Waals surface area contributed by atoms with Crippen molar-refractivity contribution in [3.63, 3.8) is 0 Å². The molecule has 0 spiro atoms. The van der Waals surface area contributed by atoms with Gasteiger partial charge in [0.05, 0.1) is 5.56 Å². The normalized spacial score (nSPS) is 10.8. The SMILES string of the molecule is Nc1noc(-c2cc(F)c(F)c(F)c2)c1-c1ccncc1. The minimum atomic E-state index is -1.54. The monoisotopic (exact) mass is 291 g/mol. The Morgan fingerprint density at radius 1 is 0.952 bits per heavy atom. The number of nitrogens with two attached hydrogens (primary N) is 1. The van der Waals surface area contributed by atoms with Crippen molar-refractivity contribution in [3.05, 3.63) is 54.1 Å². The average molecular weight is 291 g/mol. The highest BCUT2D eigenvalue weighted by atomic mass is 19.2. The molecule has 7 heteroatoms. The van der Waals surface area contributed by atoms with Gasteiger partial charge in [0.15, 0.2) is 29.0 Å². The Morgan fingerprint density at radius 3 is 2.19 bits per heavy atom. The van der Waals surface area contributed by atoms with Gasteiger partial charge in [-0.3, -0.25) is 4.98 Å². The van der Waals surface area contributed by atoms with Crippen LogP contribution in [-0.4, -0.2) is 10.1 Å². The number of anilines is 1. The number of nitrogen functional groups attached to an aromatic ring is 1. The standard InChI is InChI=1S/C14H8F3N3O/c15-9-5-8(6-10(16)12(9)17)13-11(14(18)20-21-13)7-1-3-19-4-2-7/h1-6H,(H2,18,20). The molecule has 0 bridgehead atoms. The van der Waals surface area contributed by atoms with Crippen molar-refractivity contribution >= 4 is 5.82 Å². The van der Waals surface area contributed by atoms with Gasteiger partial charge in [-0.1, -0.05) is 5.16 Å². The zero-order chi connectivity index (χ0) is 15.0. The van der Waals surface area contributed by atoms with Crippen LogP contribution in [0.1, 0.15) is 0 Å². The van der Waals surface area contributed by atoms with Gasteiger partial charge in [-0.25, -0.2) is 13.2 Å². The third-order valence-electron chi connectivity index (χ3n) is 2.93. The molecule has 2 N–H and O–H groups in total. The fourth-order valence-electron chi connectivity index (χ4n) is 1.98. The fraction of sp³-hybridized carbons (Fsp3) is 0. The van der Waals surface area contributed by atoms with Crippen LogP contribution in [0.5, 0.6) is 0 Å². The van der Waals surface area contributed by atoms with Gasteiger partial charge in [0.2, 0.25) is 0 Å². The molecule has 4 nitrogen and oxygen atoms in total. The minimum absolute atomic E-state index is 0.00223. The molecule has 106 valence electrons. The zero-order valence-corrected chi connectivity index (χ0v) is 10.5. The van der Waals surface area contributed by atoms with E-state index < -0.39 is 17.5 Å². The second kappa shape index (κ2) is 4.93.